The van der Waals surface area contributed by atoms with E-state index in [1.165, 1.54) is 18.3 Å². The third-order valence-corrected chi connectivity index (χ3v) is 4.82. The summed E-state index contributed by atoms with van der Waals surface area (Å²) in [6, 6.07) is 6.79. The molecule has 0 spiro atoms. The Morgan fingerprint density at radius 2 is 1.80 bits per heavy atom. The number of carboxylic acid groups (broad SMARTS) is 1. The molecule has 3 N–H and O–H groups in total. The van der Waals surface area contributed by atoms with Crippen molar-refractivity contribution < 1.29 is 19.5 Å². The Labute approximate surface area is 149 Å². The fourth-order valence-corrected chi connectivity index (χ4v) is 3.63. The maximum absolute atomic E-state index is 12.4. The zero-order valence-corrected chi connectivity index (χ0v) is 15.1. The van der Waals surface area contributed by atoms with Gasteiger partial charge in [-0.2, -0.15) is 0 Å². The van der Waals surface area contributed by atoms with E-state index in [-0.39, 0.29) is 17.4 Å². The average molecular weight is 360 g/mol. The second kappa shape index (κ2) is 7.94. The predicted molar refractivity (Wildman–Crippen MR) is 97.3 cm³/mol. The summed E-state index contributed by atoms with van der Waals surface area (Å²) in [6.07, 6.45) is 0.595. The van der Waals surface area contributed by atoms with Crippen molar-refractivity contribution >= 4 is 34.1 Å². The number of rotatable bonds is 6. The summed E-state index contributed by atoms with van der Waals surface area (Å²) in [5.74, 6) is -1.53. The number of amides is 2. The van der Waals surface area contributed by atoms with Gasteiger partial charge in [-0.1, -0.05) is 19.1 Å². The molecule has 0 atom stereocenters. The highest BCUT2D eigenvalue weighted by molar-refractivity contribution is 7.16. The Morgan fingerprint density at radius 1 is 1.16 bits per heavy atom. The fraction of sp³-hybridized carbons (Fsp3) is 0.278. The molecular weight excluding hydrogens is 340 g/mol. The molecule has 1 heterocycles. The average Bonchev–Trinajstić information content (AvgIpc) is 2.88. The van der Waals surface area contributed by atoms with E-state index in [0.717, 1.165) is 16.0 Å². The molecule has 2 amide bonds. The number of nitrogens with one attached hydrogen (secondary N) is 2. The Balaban J connectivity index is 2.17. The standard InChI is InChI=1S/C18H20N2O4S/c1-4-14-10(2)25-17(15(14)18(23)24)20-16(22)13-7-5-12(6-8-13)9-19-11(3)21/h5-8H,4,9H2,1-3H3,(H,19,21)(H,20,22)(H,23,24). The zero-order valence-electron chi connectivity index (χ0n) is 14.3. The Morgan fingerprint density at radius 3 is 2.32 bits per heavy atom. The normalized spacial score (nSPS) is 10.4. The summed E-state index contributed by atoms with van der Waals surface area (Å²) in [6.45, 7) is 5.57. The van der Waals surface area contributed by atoms with Crippen LogP contribution in [0.1, 0.15) is 50.6 Å². The second-order valence-corrected chi connectivity index (χ2v) is 6.79. The minimum Gasteiger partial charge on any atom is -0.478 e. The summed E-state index contributed by atoms with van der Waals surface area (Å²) in [4.78, 5) is 35.7. The quantitative estimate of drug-likeness (QED) is 0.737. The third kappa shape index (κ3) is 4.45. The van der Waals surface area contributed by atoms with Crippen LogP contribution in [0.3, 0.4) is 0 Å². The van der Waals surface area contributed by atoms with Crippen molar-refractivity contribution in [3.8, 4) is 0 Å². The van der Waals surface area contributed by atoms with Gasteiger partial charge in [0.2, 0.25) is 5.91 Å². The van der Waals surface area contributed by atoms with E-state index in [4.69, 9.17) is 0 Å². The van der Waals surface area contributed by atoms with Crippen molar-refractivity contribution in [2.75, 3.05) is 5.32 Å². The highest BCUT2D eigenvalue weighted by atomic mass is 32.1. The summed E-state index contributed by atoms with van der Waals surface area (Å²) in [5, 5.41) is 15.2. The Hall–Kier alpha value is -2.67. The summed E-state index contributed by atoms with van der Waals surface area (Å²) in [5.41, 5.74) is 2.21. The first-order valence-corrected chi connectivity index (χ1v) is 8.65. The number of anilines is 1. The SMILES string of the molecule is CCc1c(C)sc(NC(=O)c2ccc(CNC(C)=O)cc2)c1C(=O)O. The largest absolute Gasteiger partial charge is 0.478 e. The minimum atomic E-state index is -1.04. The number of benzene rings is 1. The van der Waals surface area contributed by atoms with Crippen molar-refractivity contribution in [3.05, 3.63) is 51.4 Å². The lowest BCUT2D eigenvalue weighted by molar-refractivity contribution is -0.119. The number of thiophene rings is 1. The predicted octanol–water partition coefficient (Wildman–Crippen LogP) is 3.21. The van der Waals surface area contributed by atoms with Gasteiger partial charge in [-0.3, -0.25) is 9.59 Å². The molecule has 1 aromatic carbocycles. The van der Waals surface area contributed by atoms with Gasteiger partial charge in [-0.05, 0) is 36.6 Å². The van der Waals surface area contributed by atoms with Crippen LogP contribution < -0.4 is 10.6 Å². The summed E-state index contributed by atoms with van der Waals surface area (Å²) < 4.78 is 0. The maximum Gasteiger partial charge on any atom is 0.339 e. The van der Waals surface area contributed by atoms with Gasteiger partial charge in [0.1, 0.15) is 5.00 Å². The topological polar surface area (TPSA) is 95.5 Å². The van der Waals surface area contributed by atoms with Crippen molar-refractivity contribution in [1.29, 1.82) is 0 Å². The van der Waals surface area contributed by atoms with E-state index in [0.29, 0.717) is 23.5 Å². The molecule has 0 aliphatic rings. The van der Waals surface area contributed by atoms with Crippen molar-refractivity contribution in [2.45, 2.75) is 33.7 Å². The molecule has 25 heavy (non-hydrogen) atoms. The summed E-state index contributed by atoms with van der Waals surface area (Å²) >= 11 is 1.27. The molecule has 0 bridgehead atoms. The smallest absolute Gasteiger partial charge is 0.339 e. The molecule has 6 nitrogen and oxygen atoms in total. The van der Waals surface area contributed by atoms with Crippen LogP contribution in [0, 0.1) is 6.92 Å². The van der Waals surface area contributed by atoms with Crippen LogP contribution in [-0.4, -0.2) is 22.9 Å². The Bertz CT molecular complexity index is 809. The molecule has 0 aliphatic heterocycles. The number of hydrogen-bond acceptors (Lipinski definition) is 4. The molecule has 0 aliphatic carbocycles. The molecule has 0 radical (unpaired) electrons. The van der Waals surface area contributed by atoms with Gasteiger partial charge in [0.05, 0.1) is 5.56 Å². The molecule has 132 valence electrons. The van der Waals surface area contributed by atoms with Crippen LogP contribution in [0.2, 0.25) is 0 Å². The fourth-order valence-electron chi connectivity index (χ4n) is 2.49. The van der Waals surface area contributed by atoms with Crippen LogP contribution in [-0.2, 0) is 17.8 Å². The van der Waals surface area contributed by atoms with E-state index in [1.54, 1.807) is 24.3 Å². The molecule has 7 heteroatoms. The first-order chi connectivity index (χ1) is 11.8. The highest BCUT2D eigenvalue weighted by Crippen LogP contribution is 2.33. The molecule has 2 aromatic rings. The van der Waals surface area contributed by atoms with Gasteiger partial charge in [0, 0.05) is 23.9 Å². The second-order valence-electron chi connectivity index (χ2n) is 5.56. The third-order valence-electron chi connectivity index (χ3n) is 3.76. The van der Waals surface area contributed by atoms with Crippen LogP contribution in [0.5, 0.6) is 0 Å². The monoisotopic (exact) mass is 360 g/mol. The number of aromatic carboxylic acids is 1. The summed E-state index contributed by atoms with van der Waals surface area (Å²) in [7, 11) is 0. The Kier molecular flexibility index (Phi) is 5.93. The molecule has 0 fully saturated rings. The molecule has 2 rings (SSSR count). The van der Waals surface area contributed by atoms with Gasteiger partial charge in [0.25, 0.3) is 5.91 Å². The minimum absolute atomic E-state index is 0.122. The van der Waals surface area contributed by atoms with E-state index < -0.39 is 5.97 Å². The van der Waals surface area contributed by atoms with E-state index >= 15 is 0 Å². The molecule has 1 aromatic heterocycles. The molecule has 0 saturated heterocycles. The number of carbonyl (C=O) groups is 3. The molecule has 0 unspecified atom stereocenters. The lowest BCUT2D eigenvalue weighted by Gasteiger charge is -2.07. The van der Waals surface area contributed by atoms with Gasteiger partial charge in [0.15, 0.2) is 0 Å². The number of carboxylic acids is 1. The van der Waals surface area contributed by atoms with Gasteiger partial charge < -0.3 is 15.7 Å². The van der Waals surface area contributed by atoms with Crippen molar-refractivity contribution in [2.24, 2.45) is 0 Å². The lowest BCUT2D eigenvalue weighted by Crippen LogP contribution is -2.19. The van der Waals surface area contributed by atoms with E-state index in [9.17, 15) is 19.5 Å². The van der Waals surface area contributed by atoms with Crippen LogP contribution >= 0.6 is 11.3 Å². The van der Waals surface area contributed by atoms with Gasteiger partial charge in [-0.15, -0.1) is 11.3 Å². The lowest BCUT2D eigenvalue weighted by atomic mass is 10.1. The van der Waals surface area contributed by atoms with Crippen LogP contribution in [0.15, 0.2) is 24.3 Å². The highest BCUT2D eigenvalue weighted by Gasteiger charge is 2.22. The van der Waals surface area contributed by atoms with E-state index in [2.05, 4.69) is 10.6 Å². The zero-order chi connectivity index (χ0) is 18.6. The first kappa shape index (κ1) is 18.7. The molecule has 0 saturated carbocycles. The maximum atomic E-state index is 12.4. The first-order valence-electron chi connectivity index (χ1n) is 7.83. The van der Waals surface area contributed by atoms with Crippen molar-refractivity contribution in [3.63, 3.8) is 0 Å². The van der Waals surface area contributed by atoms with Crippen LogP contribution in [0.25, 0.3) is 0 Å². The van der Waals surface area contributed by atoms with Gasteiger partial charge >= 0.3 is 5.97 Å². The molecular formula is C18H20N2O4S. The van der Waals surface area contributed by atoms with Gasteiger partial charge in [-0.25, -0.2) is 4.79 Å². The van der Waals surface area contributed by atoms with Crippen LogP contribution in [0.4, 0.5) is 5.00 Å². The number of carbonyl (C=O) groups excluding carboxylic acids is 2. The van der Waals surface area contributed by atoms with E-state index in [1.807, 2.05) is 13.8 Å². The number of aryl methyl sites for hydroxylation is 1. The van der Waals surface area contributed by atoms with Crippen molar-refractivity contribution in [1.82, 2.24) is 5.32 Å². The number of hydrogen-bond donors (Lipinski definition) is 3.